The Balaban J connectivity index is 1.92. The van der Waals surface area contributed by atoms with Crippen LogP contribution in [0.1, 0.15) is 59.3 Å². The zero-order valence-corrected chi connectivity index (χ0v) is 16.6. The quantitative estimate of drug-likeness (QED) is 0.653. The van der Waals surface area contributed by atoms with E-state index in [0.29, 0.717) is 24.0 Å². The standard InChI is InChI=1S/C22H34O3/c1-15-17-8-11-22(3)18(16(14-25-5)10-13-24-4)6-7-20(22)21(17,2)12-9-19(15)23/h7,16,18H,6,8-14H2,1-5H3/t16-,18+,21-,22?/m1/s1. The van der Waals surface area contributed by atoms with Gasteiger partial charge < -0.3 is 9.47 Å². The van der Waals surface area contributed by atoms with Crippen LogP contribution in [0.2, 0.25) is 0 Å². The summed E-state index contributed by atoms with van der Waals surface area (Å²) in [6.07, 6.45) is 8.63. The van der Waals surface area contributed by atoms with Crippen molar-refractivity contribution in [2.75, 3.05) is 27.4 Å². The van der Waals surface area contributed by atoms with E-state index in [9.17, 15) is 4.79 Å². The zero-order valence-electron chi connectivity index (χ0n) is 16.6. The average molecular weight is 347 g/mol. The molecule has 0 radical (unpaired) electrons. The van der Waals surface area contributed by atoms with Gasteiger partial charge in [-0.3, -0.25) is 4.79 Å². The molecule has 3 nitrogen and oxygen atoms in total. The number of methoxy groups -OCH3 is 2. The Kier molecular flexibility index (Phi) is 5.28. The third-order valence-corrected chi connectivity index (χ3v) is 7.53. The highest BCUT2D eigenvalue weighted by atomic mass is 16.5. The van der Waals surface area contributed by atoms with Crippen LogP contribution in [0.4, 0.5) is 0 Å². The number of ketones is 1. The number of fused-ring (bicyclic) bond motifs is 3. The Hall–Kier alpha value is -0.930. The molecule has 0 spiro atoms. The van der Waals surface area contributed by atoms with Gasteiger partial charge in [0, 0.05) is 39.3 Å². The molecule has 0 N–H and O–H groups in total. The number of hydrogen-bond acceptors (Lipinski definition) is 3. The van der Waals surface area contributed by atoms with Gasteiger partial charge in [0.1, 0.15) is 0 Å². The molecule has 0 heterocycles. The van der Waals surface area contributed by atoms with Gasteiger partial charge in [0.25, 0.3) is 0 Å². The Labute approximate surface area is 152 Å². The highest BCUT2D eigenvalue weighted by Gasteiger charge is 2.55. The van der Waals surface area contributed by atoms with E-state index in [2.05, 4.69) is 26.8 Å². The van der Waals surface area contributed by atoms with E-state index in [0.717, 1.165) is 50.9 Å². The van der Waals surface area contributed by atoms with Crippen molar-refractivity contribution in [2.45, 2.75) is 59.3 Å². The number of carbonyl (C=O) groups is 1. The molecule has 3 aliphatic rings. The fourth-order valence-electron chi connectivity index (χ4n) is 6.14. The Morgan fingerprint density at radius 1 is 1.20 bits per heavy atom. The highest BCUT2D eigenvalue weighted by Crippen LogP contribution is 2.65. The van der Waals surface area contributed by atoms with Gasteiger partial charge in [0.05, 0.1) is 0 Å². The molecule has 3 heteroatoms. The molecule has 3 aliphatic carbocycles. The first kappa shape index (κ1) is 18.8. The van der Waals surface area contributed by atoms with Crippen molar-refractivity contribution in [1.29, 1.82) is 0 Å². The van der Waals surface area contributed by atoms with Crippen LogP contribution in [0.15, 0.2) is 22.8 Å². The van der Waals surface area contributed by atoms with Crippen molar-refractivity contribution in [3.05, 3.63) is 22.8 Å². The van der Waals surface area contributed by atoms with Crippen molar-refractivity contribution in [1.82, 2.24) is 0 Å². The molecule has 0 bridgehead atoms. The van der Waals surface area contributed by atoms with Gasteiger partial charge in [-0.15, -0.1) is 0 Å². The lowest BCUT2D eigenvalue weighted by atomic mass is 9.51. The van der Waals surface area contributed by atoms with E-state index < -0.39 is 0 Å². The molecule has 0 saturated heterocycles. The van der Waals surface area contributed by atoms with Crippen LogP contribution in [0.25, 0.3) is 0 Å². The second-order valence-electron chi connectivity index (χ2n) is 8.73. The third-order valence-electron chi connectivity index (χ3n) is 7.53. The van der Waals surface area contributed by atoms with E-state index in [1.807, 2.05) is 7.11 Å². The molecule has 1 unspecified atom stereocenters. The van der Waals surface area contributed by atoms with Crippen LogP contribution in [0, 0.1) is 22.7 Å². The predicted molar refractivity (Wildman–Crippen MR) is 100 cm³/mol. The molecule has 1 saturated carbocycles. The molecule has 0 aliphatic heterocycles. The van der Waals surface area contributed by atoms with Crippen molar-refractivity contribution in [3.63, 3.8) is 0 Å². The summed E-state index contributed by atoms with van der Waals surface area (Å²) in [7, 11) is 3.59. The topological polar surface area (TPSA) is 35.5 Å². The minimum absolute atomic E-state index is 0.0959. The lowest BCUT2D eigenvalue weighted by Crippen LogP contribution is -2.44. The lowest BCUT2D eigenvalue weighted by molar-refractivity contribution is -0.116. The predicted octanol–water partition coefficient (Wildman–Crippen LogP) is 4.72. The molecule has 25 heavy (non-hydrogen) atoms. The summed E-state index contributed by atoms with van der Waals surface area (Å²) >= 11 is 0. The molecule has 0 amide bonds. The molecule has 0 aromatic heterocycles. The minimum atomic E-state index is 0.0959. The Morgan fingerprint density at radius 3 is 2.64 bits per heavy atom. The maximum absolute atomic E-state index is 12.2. The summed E-state index contributed by atoms with van der Waals surface area (Å²) < 4.78 is 10.9. The normalized spacial score (nSPS) is 36.1. The summed E-state index contributed by atoms with van der Waals surface area (Å²) in [4.78, 5) is 12.2. The Bertz CT molecular complexity index is 602. The van der Waals surface area contributed by atoms with Gasteiger partial charge in [0.2, 0.25) is 0 Å². The largest absolute Gasteiger partial charge is 0.385 e. The van der Waals surface area contributed by atoms with E-state index >= 15 is 0 Å². The SMILES string of the molecule is COCC[C@H](COC)[C@@H]1CC=C2C1(C)CCC1=C(C)C(=O)CC[C@@]21C. The van der Waals surface area contributed by atoms with Gasteiger partial charge in [0.15, 0.2) is 5.78 Å². The number of allylic oxidation sites excluding steroid dienone is 4. The highest BCUT2D eigenvalue weighted by molar-refractivity contribution is 5.97. The summed E-state index contributed by atoms with van der Waals surface area (Å²) in [5.41, 5.74) is 4.41. The van der Waals surface area contributed by atoms with Gasteiger partial charge in [-0.1, -0.05) is 31.1 Å². The monoisotopic (exact) mass is 346 g/mol. The molecule has 0 aromatic rings. The first-order chi connectivity index (χ1) is 11.9. The van der Waals surface area contributed by atoms with Crippen LogP contribution in [0.3, 0.4) is 0 Å². The summed E-state index contributed by atoms with van der Waals surface area (Å²) in [5, 5.41) is 0. The van der Waals surface area contributed by atoms with Crippen LogP contribution >= 0.6 is 0 Å². The van der Waals surface area contributed by atoms with Gasteiger partial charge >= 0.3 is 0 Å². The number of Topliss-reactive ketones (excluding diaryl/α,β-unsaturated/α-hetero) is 1. The average Bonchev–Trinajstić information content (AvgIpc) is 2.94. The minimum Gasteiger partial charge on any atom is -0.385 e. The van der Waals surface area contributed by atoms with Gasteiger partial charge in [-0.25, -0.2) is 0 Å². The molecule has 0 aromatic carbocycles. The van der Waals surface area contributed by atoms with Crippen LogP contribution < -0.4 is 0 Å². The maximum Gasteiger partial charge on any atom is 0.158 e. The summed E-state index contributed by atoms with van der Waals surface area (Å²) in [6, 6.07) is 0. The molecular weight excluding hydrogens is 312 g/mol. The van der Waals surface area contributed by atoms with Gasteiger partial charge in [-0.2, -0.15) is 0 Å². The van der Waals surface area contributed by atoms with Crippen molar-refractivity contribution < 1.29 is 14.3 Å². The molecule has 1 fully saturated rings. The van der Waals surface area contributed by atoms with Crippen molar-refractivity contribution in [2.24, 2.45) is 22.7 Å². The van der Waals surface area contributed by atoms with Crippen LogP contribution in [-0.2, 0) is 14.3 Å². The second-order valence-corrected chi connectivity index (χ2v) is 8.73. The number of hydrogen-bond donors (Lipinski definition) is 0. The number of rotatable bonds is 6. The molecule has 4 atom stereocenters. The maximum atomic E-state index is 12.2. The zero-order chi connectivity index (χ0) is 18.2. The first-order valence-corrected chi connectivity index (χ1v) is 9.81. The van der Waals surface area contributed by atoms with Crippen LogP contribution in [0.5, 0.6) is 0 Å². The van der Waals surface area contributed by atoms with E-state index in [1.165, 1.54) is 5.57 Å². The number of carbonyl (C=O) groups excluding carboxylic acids is 1. The van der Waals surface area contributed by atoms with Crippen molar-refractivity contribution in [3.8, 4) is 0 Å². The van der Waals surface area contributed by atoms with Gasteiger partial charge in [-0.05, 0) is 61.9 Å². The van der Waals surface area contributed by atoms with E-state index in [4.69, 9.17) is 9.47 Å². The summed E-state index contributed by atoms with van der Waals surface area (Å²) in [6.45, 7) is 8.52. The molecular formula is C22H34O3. The fraction of sp³-hybridized carbons (Fsp3) is 0.773. The second kappa shape index (κ2) is 7.00. The molecule has 140 valence electrons. The smallest absolute Gasteiger partial charge is 0.158 e. The van der Waals surface area contributed by atoms with Crippen molar-refractivity contribution >= 4 is 5.78 Å². The lowest BCUT2D eigenvalue weighted by Gasteiger charge is -2.52. The first-order valence-electron chi connectivity index (χ1n) is 9.81. The van der Waals surface area contributed by atoms with E-state index in [1.54, 1.807) is 12.7 Å². The van der Waals surface area contributed by atoms with Crippen LogP contribution in [-0.4, -0.2) is 33.2 Å². The number of ether oxygens (including phenoxy) is 2. The summed E-state index contributed by atoms with van der Waals surface area (Å²) in [5.74, 6) is 1.52. The fourth-order valence-corrected chi connectivity index (χ4v) is 6.14. The third kappa shape index (κ3) is 2.94. The van der Waals surface area contributed by atoms with E-state index in [-0.39, 0.29) is 10.8 Å². The Morgan fingerprint density at radius 2 is 1.96 bits per heavy atom. The molecule has 3 rings (SSSR count).